The van der Waals surface area contributed by atoms with Crippen LogP contribution in [0.4, 0.5) is 0 Å². The Morgan fingerprint density at radius 1 is 1.13 bits per heavy atom. The topological polar surface area (TPSA) is 15.3 Å². The van der Waals surface area contributed by atoms with Crippen LogP contribution in [-0.2, 0) is 0 Å². The molecule has 0 bridgehead atoms. The number of hydrogen-bond acceptors (Lipinski definition) is 2. The van der Waals surface area contributed by atoms with Gasteiger partial charge in [0.15, 0.2) is 0 Å². The number of nitrogens with one attached hydrogen (secondary N) is 1. The summed E-state index contributed by atoms with van der Waals surface area (Å²) >= 11 is 0. The van der Waals surface area contributed by atoms with Gasteiger partial charge in [-0.1, -0.05) is 13.8 Å². The Labute approximate surface area is 96.4 Å². The summed E-state index contributed by atoms with van der Waals surface area (Å²) in [6, 6.07) is 1.37. The van der Waals surface area contributed by atoms with Crippen LogP contribution in [-0.4, -0.2) is 37.6 Å². The zero-order valence-electron chi connectivity index (χ0n) is 11.5. The van der Waals surface area contributed by atoms with Crippen molar-refractivity contribution in [3.63, 3.8) is 0 Å². The van der Waals surface area contributed by atoms with Crippen molar-refractivity contribution in [2.24, 2.45) is 5.92 Å². The normalized spacial score (nSPS) is 16.0. The first-order valence-corrected chi connectivity index (χ1v) is 6.34. The van der Waals surface area contributed by atoms with E-state index in [4.69, 9.17) is 0 Å². The van der Waals surface area contributed by atoms with E-state index in [1.165, 1.54) is 25.8 Å². The average molecular weight is 214 g/mol. The van der Waals surface area contributed by atoms with E-state index in [9.17, 15) is 0 Å². The molecule has 0 saturated carbocycles. The molecule has 92 valence electrons. The molecule has 0 amide bonds. The van der Waals surface area contributed by atoms with Crippen LogP contribution in [0.25, 0.3) is 0 Å². The summed E-state index contributed by atoms with van der Waals surface area (Å²) < 4.78 is 0. The molecule has 0 rings (SSSR count). The minimum absolute atomic E-state index is 0.652. The van der Waals surface area contributed by atoms with E-state index in [0.717, 1.165) is 12.0 Å². The molecule has 15 heavy (non-hydrogen) atoms. The smallest absolute Gasteiger partial charge is 0.00663 e. The fourth-order valence-corrected chi connectivity index (χ4v) is 1.87. The van der Waals surface area contributed by atoms with E-state index in [1.54, 1.807) is 0 Å². The fraction of sp³-hybridized carbons (Fsp3) is 1.00. The first kappa shape index (κ1) is 14.9. The van der Waals surface area contributed by atoms with Gasteiger partial charge in [-0.2, -0.15) is 0 Å². The number of rotatable bonds is 8. The minimum atomic E-state index is 0.652. The maximum Gasteiger partial charge on any atom is 0.00663 e. The summed E-state index contributed by atoms with van der Waals surface area (Å²) in [4.78, 5) is 2.49. The zero-order valence-corrected chi connectivity index (χ0v) is 11.5. The van der Waals surface area contributed by atoms with Crippen LogP contribution < -0.4 is 5.32 Å². The maximum absolute atomic E-state index is 3.28. The molecule has 0 spiro atoms. The first-order valence-electron chi connectivity index (χ1n) is 6.34. The van der Waals surface area contributed by atoms with Gasteiger partial charge in [0.2, 0.25) is 0 Å². The molecule has 0 aromatic carbocycles. The first-order chi connectivity index (χ1) is 6.97. The van der Waals surface area contributed by atoms with Gasteiger partial charge in [0.1, 0.15) is 0 Å². The predicted molar refractivity (Wildman–Crippen MR) is 69.3 cm³/mol. The molecule has 0 aliphatic carbocycles. The molecule has 2 nitrogen and oxygen atoms in total. The molecule has 0 aromatic rings. The molecular formula is C13H30N2. The van der Waals surface area contributed by atoms with Crippen molar-refractivity contribution in [2.75, 3.05) is 20.6 Å². The van der Waals surface area contributed by atoms with Gasteiger partial charge in [-0.15, -0.1) is 0 Å². The zero-order chi connectivity index (χ0) is 11.8. The SMILES string of the molecule is CNC(C)CCCN(C)C(C)CC(C)C. The van der Waals surface area contributed by atoms with Crippen LogP contribution in [0.1, 0.15) is 47.0 Å². The van der Waals surface area contributed by atoms with Crippen molar-refractivity contribution in [2.45, 2.75) is 59.0 Å². The van der Waals surface area contributed by atoms with Crippen LogP contribution >= 0.6 is 0 Å². The van der Waals surface area contributed by atoms with Gasteiger partial charge in [0.25, 0.3) is 0 Å². The van der Waals surface area contributed by atoms with Gasteiger partial charge in [-0.05, 0) is 59.7 Å². The van der Waals surface area contributed by atoms with E-state index in [1.807, 2.05) is 7.05 Å². The molecular weight excluding hydrogens is 184 g/mol. The number of hydrogen-bond donors (Lipinski definition) is 1. The lowest BCUT2D eigenvalue weighted by atomic mass is 10.0. The predicted octanol–water partition coefficient (Wildman–Crippen LogP) is 2.74. The van der Waals surface area contributed by atoms with Crippen LogP contribution in [0.3, 0.4) is 0 Å². The van der Waals surface area contributed by atoms with Crippen molar-refractivity contribution >= 4 is 0 Å². The Balaban J connectivity index is 3.59. The van der Waals surface area contributed by atoms with Gasteiger partial charge in [0.05, 0.1) is 0 Å². The molecule has 2 unspecified atom stereocenters. The molecule has 0 heterocycles. The molecule has 0 radical (unpaired) electrons. The highest BCUT2D eigenvalue weighted by atomic mass is 15.1. The monoisotopic (exact) mass is 214 g/mol. The molecule has 1 N–H and O–H groups in total. The summed E-state index contributed by atoms with van der Waals surface area (Å²) in [5.41, 5.74) is 0. The Morgan fingerprint density at radius 2 is 1.73 bits per heavy atom. The molecule has 0 aliphatic heterocycles. The molecule has 0 aliphatic rings. The van der Waals surface area contributed by atoms with Crippen molar-refractivity contribution in [3.8, 4) is 0 Å². The van der Waals surface area contributed by atoms with E-state index in [-0.39, 0.29) is 0 Å². The Kier molecular flexibility index (Phi) is 8.07. The largest absolute Gasteiger partial charge is 0.317 e. The van der Waals surface area contributed by atoms with Crippen molar-refractivity contribution < 1.29 is 0 Å². The molecule has 2 heteroatoms. The van der Waals surface area contributed by atoms with Crippen molar-refractivity contribution in [1.82, 2.24) is 10.2 Å². The lowest BCUT2D eigenvalue weighted by molar-refractivity contribution is 0.222. The third-order valence-electron chi connectivity index (χ3n) is 3.21. The van der Waals surface area contributed by atoms with Crippen LogP contribution in [0.5, 0.6) is 0 Å². The highest BCUT2D eigenvalue weighted by Gasteiger charge is 2.10. The minimum Gasteiger partial charge on any atom is -0.317 e. The third kappa shape index (κ3) is 7.80. The van der Waals surface area contributed by atoms with Gasteiger partial charge in [0, 0.05) is 12.1 Å². The summed E-state index contributed by atoms with van der Waals surface area (Å²) in [7, 11) is 4.28. The average Bonchev–Trinajstić information content (AvgIpc) is 2.16. The van der Waals surface area contributed by atoms with Gasteiger partial charge >= 0.3 is 0 Å². The molecule has 0 fully saturated rings. The second-order valence-electron chi connectivity index (χ2n) is 5.29. The Hall–Kier alpha value is -0.0800. The van der Waals surface area contributed by atoms with Crippen LogP contribution in [0.2, 0.25) is 0 Å². The number of nitrogens with zero attached hydrogens (tertiary/aromatic N) is 1. The highest BCUT2D eigenvalue weighted by Crippen LogP contribution is 2.10. The van der Waals surface area contributed by atoms with Crippen LogP contribution in [0, 0.1) is 5.92 Å². The van der Waals surface area contributed by atoms with E-state index in [2.05, 4.69) is 45.0 Å². The molecule has 2 atom stereocenters. The second kappa shape index (κ2) is 8.12. The van der Waals surface area contributed by atoms with E-state index in [0.29, 0.717) is 6.04 Å². The van der Waals surface area contributed by atoms with Gasteiger partial charge in [-0.25, -0.2) is 0 Å². The Morgan fingerprint density at radius 3 is 2.20 bits per heavy atom. The summed E-state index contributed by atoms with van der Waals surface area (Å²) in [6.07, 6.45) is 3.87. The fourth-order valence-electron chi connectivity index (χ4n) is 1.87. The standard InChI is InChI=1S/C13H30N2/c1-11(2)10-13(4)15(6)9-7-8-12(3)14-5/h11-14H,7-10H2,1-6H3. The van der Waals surface area contributed by atoms with Gasteiger partial charge < -0.3 is 10.2 Å². The summed E-state index contributed by atoms with van der Waals surface area (Å²) in [5.74, 6) is 0.804. The maximum atomic E-state index is 3.28. The highest BCUT2D eigenvalue weighted by molar-refractivity contribution is 4.66. The van der Waals surface area contributed by atoms with Crippen LogP contribution in [0.15, 0.2) is 0 Å². The van der Waals surface area contributed by atoms with Crippen molar-refractivity contribution in [1.29, 1.82) is 0 Å². The van der Waals surface area contributed by atoms with E-state index >= 15 is 0 Å². The van der Waals surface area contributed by atoms with Gasteiger partial charge in [-0.3, -0.25) is 0 Å². The summed E-state index contributed by atoms with van der Waals surface area (Å²) in [6.45, 7) is 10.4. The summed E-state index contributed by atoms with van der Waals surface area (Å²) in [5, 5.41) is 3.28. The quantitative estimate of drug-likeness (QED) is 0.668. The van der Waals surface area contributed by atoms with Crippen molar-refractivity contribution in [3.05, 3.63) is 0 Å². The lowest BCUT2D eigenvalue weighted by Crippen LogP contribution is -2.32. The molecule has 0 saturated heterocycles. The lowest BCUT2D eigenvalue weighted by Gasteiger charge is -2.26. The molecule has 0 aromatic heterocycles. The van der Waals surface area contributed by atoms with E-state index < -0.39 is 0 Å². The third-order valence-corrected chi connectivity index (χ3v) is 3.21. The second-order valence-corrected chi connectivity index (χ2v) is 5.29. The Bertz CT molecular complexity index is 145.